The summed E-state index contributed by atoms with van der Waals surface area (Å²) in [5.41, 5.74) is 0. The minimum atomic E-state index is 0.284. The van der Waals surface area contributed by atoms with E-state index in [0.29, 0.717) is 6.61 Å². The van der Waals surface area contributed by atoms with Gasteiger partial charge in [-0.05, 0) is 25.4 Å². The van der Waals surface area contributed by atoms with Crippen LogP contribution in [0.4, 0.5) is 5.95 Å². The Morgan fingerprint density at radius 2 is 2.44 bits per heavy atom. The molecule has 0 aliphatic heterocycles. The van der Waals surface area contributed by atoms with Gasteiger partial charge in [-0.25, -0.2) is 4.98 Å². The van der Waals surface area contributed by atoms with Gasteiger partial charge in [0.1, 0.15) is 0 Å². The second kappa shape index (κ2) is 7.57. The maximum atomic E-state index is 5.09. The second-order valence-corrected chi connectivity index (χ2v) is 4.78. The second-order valence-electron chi connectivity index (χ2n) is 3.79. The van der Waals surface area contributed by atoms with Crippen LogP contribution in [0.25, 0.3) is 0 Å². The molecule has 1 rings (SSSR count). The SMILES string of the molecule is COCC(C)Nc1nccn1CCCSC. The van der Waals surface area contributed by atoms with Crippen LogP contribution in [0.3, 0.4) is 0 Å². The zero-order valence-electron chi connectivity index (χ0n) is 10.3. The lowest BCUT2D eigenvalue weighted by Gasteiger charge is -2.15. The molecule has 1 heterocycles. The molecule has 1 atom stereocenters. The lowest BCUT2D eigenvalue weighted by molar-refractivity contribution is 0.190. The zero-order chi connectivity index (χ0) is 11.8. The number of ether oxygens (including phenoxy) is 1. The van der Waals surface area contributed by atoms with Crippen molar-refractivity contribution in [2.24, 2.45) is 0 Å². The standard InChI is InChI=1S/C11H21N3OS/c1-10(9-15-2)13-11-12-5-7-14(11)6-4-8-16-3/h5,7,10H,4,6,8-9H2,1-3H3,(H,12,13). The van der Waals surface area contributed by atoms with Gasteiger partial charge in [0.05, 0.1) is 6.61 Å². The molecule has 0 bridgehead atoms. The molecule has 1 unspecified atom stereocenters. The molecule has 1 aromatic heterocycles. The molecule has 0 aromatic carbocycles. The maximum absolute atomic E-state index is 5.09. The van der Waals surface area contributed by atoms with Crippen molar-refractivity contribution in [3.05, 3.63) is 12.4 Å². The summed E-state index contributed by atoms with van der Waals surface area (Å²) in [4.78, 5) is 4.31. The fourth-order valence-electron chi connectivity index (χ4n) is 1.52. The Bertz CT molecular complexity index is 291. The van der Waals surface area contributed by atoms with Crippen molar-refractivity contribution >= 4 is 17.7 Å². The van der Waals surface area contributed by atoms with E-state index in [9.17, 15) is 0 Å². The van der Waals surface area contributed by atoms with Crippen molar-refractivity contribution in [3.8, 4) is 0 Å². The highest BCUT2D eigenvalue weighted by Crippen LogP contribution is 2.08. The van der Waals surface area contributed by atoms with Crippen molar-refractivity contribution < 1.29 is 4.74 Å². The number of thioether (sulfide) groups is 1. The Hall–Kier alpha value is -0.680. The van der Waals surface area contributed by atoms with E-state index in [4.69, 9.17) is 4.74 Å². The summed E-state index contributed by atoms with van der Waals surface area (Å²) < 4.78 is 7.24. The van der Waals surface area contributed by atoms with E-state index in [1.807, 2.05) is 24.2 Å². The van der Waals surface area contributed by atoms with Gasteiger partial charge >= 0.3 is 0 Å². The van der Waals surface area contributed by atoms with Gasteiger partial charge in [-0.1, -0.05) is 0 Å². The van der Waals surface area contributed by atoms with Gasteiger partial charge in [0.25, 0.3) is 0 Å². The van der Waals surface area contributed by atoms with Gasteiger partial charge in [-0.2, -0.15) is 11.8 Å². The minimum Gasteiger partial charge on any atom is -0.383 e. The fourth-order valence-corrected chi connectivity index (χ4v) is 1.94. The van der Waals surface area contributed by atoms with Crippen LogP contribution in [-0.4, -0.2) is 41.3 Å². The lowest BCUT2D eigenvalue weighted by atomic mass is 10.4. The molecular weight excluding hydrogens is 222 g/mol. The number of hydrogen-bond acceptors (Lipinski definition) is 4. The average molecular weight is 243 g/mol. The molecule has 1 aromatic rings. The number of rotatable bonds is 8. The first kappa shape index (κ1) is 13.4. The Kier molecular flexibility index (Phi) is 6.33. The molecule has 0 saturated heterocycles. The van der Waals surface area contributed by atoms with E-state index in [2.05, 4.69) is 28.0 Å². The van der Waals surface area contributed by atoms with Crippen molar-refractivity contribution in [2.45, 2.75) is 25.9 Å². The molecule has 1 N–H and O–H groups in total. The summed E-state index contributed by atoms with van der Waals surface area (Å²) in [7, 11) is 1.71. The van der Waals surface area contributed by atoms with E-state index >= 15 is 0 Å². The maximum Gasteiger partial charge on any atom is 0.203 e. The summed E-state index contributed by atoms with van der Waals surface area (Å²) in [5, 5.41) is 3.34. The molecule has 0 aliphatic carbocycles. The number of nitrogens with one attached hydrogen (secondary N) is 1. The van der Waals surface area contributed by atoms with Gasteiger partial charge in [0, 0.05) is 32.1 Å². The number of anilines is 1. The summed E-state index contributed by atoms with van der Waals surface area (Å²) in [6, 6.07) is 0.284. The Morgan fingerprint density at radius 1 is 1.62 bits per heavy atom. The molecule has 16 heavy (non-hydrogen) atoms. The summed E-state index contributed by atoms with van der Waals surface area (Å²) in [6.45, 7) is 3.80. The third kappa shape index (κ3) is 4.45. The first-order valence-electron chi connectivity index (χ1n) is 5.53. The first-order valence-corrected chi connectivity index (χ1v) is 6.93. The smallest absolute Gasteiger partial charge is 0.203 e. The van der Waals surface area contributed by atoms with Crippen LogP contribution < -0.4 is 5.32 Å². The van der Waals surface area contributed by atoms with E-state index < -0.39 is 0 Å². The molecule has 92 valence electrons. The minimum absolute atomic E-state index is 0.284. The summed E-state index contributed by atoms with van der Waals surface area (Å²) in [6.07, 6.45) is 7.15. The van der Waals surface area contributed by atoms with E-state index in [1.54, 1.807) is 7.11 Å². The molecular formula is C11H21N3OS. The van der Waals surface area contributed by atoms with Crippen LogP contribution >= 0.6 is 11.8 Å². The van der Waals surface area contributed by atoms with Crippen LogP contribution in [0.15, 0.2) is 12.4 Å². The van der Waals surface area contributed by atoms with Crippen LogP contribution in [-0.2, 0) is 11.3 Å². The summed E-state index contributed by atoms with van der Waals surface area (Å²) >= 11 is 1.88. The number of hydrogen-bond donors (Lipinski definition) is 1. The monoisotopic (exact) mass is 243 g/mol. The van der Waals surface area contributed by atoms with Crippen LogP contribution in [0.1, 0.15) is 13.3 Å². The van der Waals surface area contributed by atoms with Gasteiger partial charge < -0.3 is 14.6 Å². The van der Waals surface area contributed by atoms with E-state index in [-0.39, 0.29) is 6.04 Å². The topological polar surface area (TPSA) is 39.1 Å². The number of imidazole rings is 1. The molecule has 0 radical (unpaired) electrons. The van der Waals surface area contributed by atoms with Gasteiger partial charge in [0.2, 0.25) is 5.95 Å². The third-order valence-corrected chi connectivity index (χ3v) is 2.95. The molecule has 0 aliphatic rings. The predicted octanol–water partition coefficient (Wildman–Crippen LogP) is 2.08. The van der Waals surface area contributed by atoms with E-state index in [0.717, 1.165) is 12.5 Å². The zero-order valence-corrected chi connectivity index (χ0v) is 11.1. The molecule has 0 saturated carbocycles. The number of aromatic nitrogens is 2. The van der Waals surface area contributed by atoms with Crippen LogP contribution in [0, 0.1) is 0 Å². The molecule has 4 nitrogen and oxygen atoms in total. The van der Waals surface area contributed by atoms with Gasteiger partial charge in [-0.3, -0.25) is 0 Å². The average Bonchev–Trinajstić information content (AvgIpc) is 2.66. The molecule has 0 spiro atoms. The number of methoxy groups -OCH3 is 1. The Balaban J connectivity index is 2.43. The predicted molar refractivity (Wildman–Crippen MR) is 70.2 cm³/mol. The first-order chi connectivity index (χ1) is 7.77. The molecule has 0 fully saturated rings. The normalized spacial score (nSPS) is 12.7. The third-order valence-electron chi connectivity index (χ3n) is 2.26. The van der Waals surface area contributed by atoms with E-state index in [1.165, 1.54) is 12.2 Å². The van der Waals surface area contributed by atoms with Crippen LogP contribution in [0.2, 0.25) is 0 Å². The summed E-state index contributed by atoms with van der Waals surface area (Å²) in [5.74, 6) is 2.12. The number of nitrogens with zero attached hydrogens (tertiary/aromatic N) is 2. The number of aryl methyl sites for hydroxylation is 1. The lowest BCUT2D eigenvalue weighted by Crippen LogP contribution is -2.23. The molecule has 5 heteroatoms. The highest BCUT2D eigenvalue weighted by Gasteiger charge is 2.06. The Morgan fingerprint density at radius 3 is 3.12 bits per heavy atom. The van der Waals surface area contributed by atoms with Gasteiger partial charge in [-0.15, -0.1) is 0 Å². The van der Waals surface area contributed by atoms with Crippen LogP contribution in [0.5, 0.6) is 0 Å². The fraction of sp³-hybridized carbons (Fsp3) is 0.727. The van der Waals surface area contributed by atoms with Crippen molar-refractivity contribution in [1.82, 2.24) is 9.55 Å². The van der Waals surface area contributed by atoms with Crippen molar-refractivity contribution in [1.29, 1.82) is 0 Å². The quantitative estimate of drug-likeness (QED) is 0.710. The Labute approximate surface area is 102 Å². The molecule has 0 amide bonds. The van der Waals surface area contributed by atoms with Crippen molar-refractivity contribution in [3.63, 3.8) is 0 Å². The largest absolute Gasteiger partial charge is 0.383 e. The highest BCUT2D eigenvalue weighted by atomic mass is 32.2. The highest BCUT2D eigenvalue weighted by molar-refractivity contribution is 7.98. The van der Waals surface area contributed by atoms with Gasteiger partial charge in [0.15, 0.2) is 0 Å². The van der Waals surface area contributed by atoms with Crippen molar-refractivity contribution in [2.75, 3.05) is 31.0 Å².